The van der Waals surface area contributed by atoms with E-state index in [-0.39, 0.29) is 0 Å². The highest BCUT2D eigenvalue weighted by Crippen LogP contribution is 2.36. The van der Waals surface area contributed by atoms with Crippen LogP contribution >= 0.6 is 0 Å². The van der Waals surface area contributed by atoms with E-state index in [1.807, 2.05) is 0 Å². The normalized spacial score (nSPS) is 29.3. The molecular formula is C18H27N. The minimum absolute atomic E-state index is 0.822. The van der Waals surface area contributed by atoms with Gasteiger partial charge < -0.3 is 4.90 Å². The Hall–Kier alpha value is -0.820. The fraction of sp³-hybridized carbons (Fsp3) is 0.667. The Morgan fingerprint density at radius 1 is 0.895 bits per heavy atom. The maximum absolute atomic E-state index is 2.78. The van der Waals surface area contributed by atoms with Gasteiger partial charge in [0.05, 0.1) is 0 Å². The van der Waals surface area contributed by atoms with Gasteiger partial charge in [-0.05, 0) is 75.6 Å². The van der Waals surface area contributed by atoms with Crippen molar-refractivity contribution in [2.75, 3.05) is 13.1 Å². The molecule has 1 heteroatoms. The van der Waals surface area contributed by atoms with E-state index in [4.69, 9.17) is 0 Å². The van der Waals surface area contributed by atoms with Crippen LogP contribution in [0.1, 0.15) is 62.0 Å². The lowest BCUT2D eigenvalue weighted by molar-refractivity contribution is 0.125. The van der Waals surface area contributed by atoms with Crippen molar-refractivity contribution in [1.82, 2.24) is 4.90 Å². The smallest absolute Gasteiger partial charge is 0.00956 e. The lowest BCUT2D eigenvalue weighted by Crippen LogP contribution is -2.41. The number of nitrogens with zero attached hydrogens (tertiary/aromatic N) is 1. The molecule has 2 aliphatic rings. The Morgan fingerprint density at radius 2 is 1.58 bits per heavy atom. The highest BCUT2D eigenvalue weighted by atomic mass is 15.2. The number of hydrogen-bond donors (Lipinski definition) is 0. The number of benzene rings is 1. The molecule has 19 heavy (non-hydrogen) atoms. The molecule has 0 radical (unpaired) electrons. The van der Waals surface area contributed by atoms with E-state index in [0.29, 0.717) is 0 Å². The highest BCUT2D eigenvalue weighted by Gasteiger charge is 2.27. The van der Waals surface area contributed by atoms with Crippen molar-refractivity contribution in [3.63, 3.8) is 0 Å². The quantitative estimate of drug-likeness (QED) is 0.753. The molecular weight excluding hydrogens is 230 g/mol. The Labute approximate surface area is 118 Å². The van der Waals surface area contributed by atoms with Crippen LogP contribution in [-0.4, -0.2) is 24.0 Å². The molecule has 104 valence electrons. The van der Waals surface area contributed by atoms with Gasteiger partial charge in [0.1, 0.15) is 0 Å². The Balaban J connectivity index is 1.58. The molecule has 2 fully saturated rings. The average Bonchev–Trinajstić information content (AvgIpc) is 2.49. The van der Waals surface area contributed by atoms with E-state index >= 15 is 0 Å². The first kappa shape index (κ1) is 13.2. The summed E-state index contributed by atoms with van der Waals surface area (Å²) in [6.07, 6.45) is 9.93. The Bertz CT molecular complexity index is 398. The van der Waals surface area contributed by atoms with Crippen LogP contribution in [0.25, 0.3) is 0 Å². The summed E-state index contributed by atoms with van der Waals surface area (Å²) in [6, 6.07) is 9.88. The molecule has 1 saturated heterocycles. The Kier molecular flexibility index (Phi) is 4.22. The van der Waals surface area contributed by atoms with Crippen molar-refractivity contribution in [3.05, 3.63) is 35.4 Å². The molecule has 1 heterocycles. The highest BCUT2D eigenvalue weighted by molar-refractivity contribution is 5.29. The minimum Gasteiger partial charge on any atom is -0.300 e. The summed E-state index contributed by atoms with van der Waals surface area (Å²) in [5.74, 6) is 0.822. The van der Waals surface area contributed by atoms with E-state index < -0.39 is 0 Å². The van der Waals surface area contributed by atoms with Gasteiger partial charge in [0.2, 0.25) is 0 Å². The van der Waals surface area contributed by atoms with Crippen molar-refractivity contribution in [2.45, 2.75) is 63.8 Å². The van der Waals surface area contributed by atoms with Gasteiger partial charge >= 0.3 is 0 Å². The zero-order valence-corrected chi connectivity index (χ0v) is 12.3. The molecule has 1 aliphatic carbocycles. The van der Waals surface area contributed by atoms with E-state index in [1.54, 1.807) is 5.56 Å². The van der Waals surface area contributed by atoms with Crippen molar-refractivity contribution in [2.24, 2.45) is 0 Å². The lowest BCUT2D eigenvalue weighted by Gasteiger charge is -2.39. The topological polar surface area (TPSA) is 3.24 Å². The van der Waals surface area contributed by atoms with Crippen LogP contribution in [0.15, 0.2) is 24.3 Å². The van der Waals surface area contributed by atoms with E-state index in [2.05, 4.69) is 36.1 Å². The third-order valence-corrected chi connectivity index (χ3v) is 5.23. The molecule has 0 bridgehead atoms. The SMILES string of the molecule is Cc1ccccc1C1CCC(N2CCCCC2)CC1. The number of likely N-dealkylation sites (tertiary alicyclic amines) is 1. The lowest BCUT2D eigenvalue weighted by atomic mass is 9.79. The van der Waals surface area contributed by atoms with Crippen molar-refractivity contribution in [1.29, 1.82) is 0 Å². The standard InChI is InChI=1S/C18H27N/c1-15-7-3-4-8-18(15)16-9-11-17(12-10-16)19-13-5-2-6-14-19/h3-4,7-8,16-17H,2,5-6,9-14H2,1H3. The molecule has 1 aliphatic heterocycles. The minimum atomic E-state index is 0.822. The van der Waals surface area contributed by atoms with Crippen molar-refractivity contribution >= 4 is 0 Å². The van der Waals surface area contributed by atoms with Gasteiger partial charge in [0, 0.05) is 6.04 Å². The first-order valence-electron chi connectivity index (χ1n) is 8.14. The summed E-state index contributed by atoms with van der Waals surface area (Å²) in [5, 5.41) is 0. The molecule has 1 saturated carbocycles. The monoisotopic (exact) mass is 257 g/mol. The maximum Gasteiger partial charge on any atom is 0.00956 e. The average molecular weight is 257 g/mol. The van der Waals surface area contributed by atoms with Gasteiger partial charge in [-0.25, -0.2) is 0 Å². The van der Waals surface area contributed by atoms with Gasteiger partial charge in [0.15, 0.2) is 0 Å². The fourth-order valence-corrected chi connectivity index (χ4v) is 4.08. The van der Waals surface area contributed by atoms with Crippen LogP contribution in [0.2, 0.25) is 0 Å². The molecule has 0 amide bonds. The number of piperidine rings is 1. The predicted octanol–water partition coefficient (Wildman–Crippen LogP) is 4.51. The third kappa shape index (κ3) is 3.02. The van der Waals surface area contributed by atoms with Crippen molar-refractivity contribution in [3.8, 4) is 0 Å². The Morgan fingerprint density at radius 3 is 2.26 bits per heavy atom. The summed E-state index contributed by atoms with van der Waals surface area (Å²) in [7, 11) is 0. The van der Waals surface area contributed by atoms with Crippen molar-refractivity contribution < 1.29 is 0 Å². The predicted molar refractivity (Wildman–Crippen MR) is 81.6 cm³/mol. The van der Waals surface area contributed by atoms with E-state index in [1.165, 1.54) is 63.6 Å². The van der Waals surface area contributed by atoms with E-state index in [9.17, 15) is 0 Å². The van der Waals surface area contributed by atoms with Crippen LogP contribution < -0.4 is 0 Å². The summed E-state index contributed by atoms with van der Waals surface area (Å²) in [6.45, 7) is 4.99. The largest absolute Gasteiger partial charge is 0.300 e. The zero-order valence-electron chi connectivity index (χ0n) is 12.3. The van der Waals surface area contributed by atoms with Gasteiger partial charge in [0.25, 0.3) is 0 Å². The van der Waals surface area contributed by atoms with Crippen LogP contribution in [-0.2, 0) is 0 Å². The number of rotatable bonds is 2. The van der Waals surface area contributed by atoms with Crippen LogP contribution in [0.5, 0.6) is 0 Å². The molecule has 0 atom stereocenters. The van der Waals surface area contributed by atoms with Gasteiger partial charge in [-0.15, -0.1) is 0 Å². The third-order valence-electron chi connectivity index (χ3n) is 5.23. The maximum atomic E-state index is 2.78. The number of aryl methyl sites for hydroxylation is 1. The summed E-state index contributed by atoms with van der Waals surface area (Å²) < 4.78 is 0. The number of hydrogen-bond acceptors (Lipinski definition) is 1. The van der Waals surface area contributed by atoms with Crippen LogP contribution in [0.4, 0.5) is 0 Å². The molecule has 0 unspecified atom stereocenters. The molecule has 0 spiro atoms. The van der Waals surface area contributed by atoms with Crippen LogP contribution in [0, 0.1) is 6.92 Å². The van der Waals surface area contributed by atoms with Gasteiger partial charge in [-0.2, -0.15) is 0 Å². The first-order valence-corrected chi connectivity index (χ1v) is 8.14. The summed E-state index contributed by atoms with van der Waals surface area (Å²) in [4.78, 5) is 2.78. The fourth-order valence-electron chi connectivity index (χ4n) is 4.08. The molecule has 3 rings (SSSR count). The summed E-state index contributed by atoms with van der Waals surface area (Å²) >= 11 is 0. The first-order chi connectivity index (χ1) is 9.34. The van der Waals surface area contributed by atoms with E-state index in [0.717, 1.165) is 12.0 Å². The molecule has 1 nitrogen and oxygen atoms in total. The van der Waals surface area contributed by atoms with Gasteiger partial charge in [-0.3, -0.25) is 0 Å². The second-order valence-corrected chi connectivity index (χ2v) is 6.46. The molecule has 0 aromatic heterocycles. The zero-order chi connectivity index (χ0) is 13.1. The van der Waals surface area contributed by atoms with Gasteiger partial charge in [-0.1, -0.05) is 30.7 Å². The second kappa shape index (κ2) is 6.09. The molecule has 1 aromatic carbocycles. The summed E-state index contributed by atoms with van der Waals surface area (Å²) in [5.41, 5.74) is 3.10. The second-order valence-electron chi connectivity index (χ2n) is 6.46. The molecule has 1 aromatic rings. The molecule has 0 N–H and O–H groups in total. The van der Waals surface area contributed by atoms with Crippen LogP contribution in [0.3, 0.4) is 0 Å².